The highest BCUT2D eigenvalue weighted by Gasteiger charge is 2.48. The van der Waals surface area contributed by atoms with Crippen LogP contribution in [0.25, 0.3) is 0 Å². The number of nitrogens with one attached hydrogen (secondary N) is 2. The van der Waals surface area contributed by atoms with Crippen LogP contribution >= 0.6 is 0 Å². The van der Waals surface area contributed by atoms with Crippen molar-refractivity contribution in [1.29, 1.82) is 0 Å². The van der Waals surface area contributed by atoms with E-state index < -0.39 is 29.7 Å². The average Bonchev–Trinajstić information content (AvgIpc) is 2.89. The molecule has 1 aromatic heterocycles. The number of hydrogen-bond donors (Lipinski definition) is 2. The second-order valence-electron chi connectivity index (χ2n) is 11.3. The second kappa shape index (κ2) is 12.4. The Hall–Kier alpha value is -4.07. The largest absolute Gasteiger partial charge is 0.494 e. The van der Waals surface area contributed by atoms with E-state index in [2.05, 4.69) is 27.2 Å². The van der Waals surface area contributed by atoms with Gasteiger partial charge < -0.3 is 30.1 Å². The summed E-state index contributed by atoms with van der Waals surface area (Å²) in [5.41, 5.74) is 1.07. The fourth-order valence-corrected chi connectivity index (χ4v) is 4.34. The molecule has 0 spiro atoms. The number of carbonyl (C=O) groups is 2. The van der Waals surface area contributed by atoms with Crippen LogP contribution in [0.1, 0.15) is 33.3 Å². The predicted octanol–water partition coefficient (Wildman–Crippen LogP) is 4.84. The molecule has 3 amide bonds. The number of alkyl halides is 3. The fourth-order valence-electron chi connectivity index (χ4n) is 4.34. The smallest absolute Gasteiger partial charge is 0.408 e. The molecule has 0 unspecified atom stereocenters. The summed E-state index contributed by atoms with van der Waals surface area (Å²) in [4.78, 5) is 40.5. The topological polar surface area (TPSA) is 106 Å². The number of hydrogen-bond acceptors (Lipinski definition) is 8. The molecule has 1 aliphatic heterocycles. The number of urea groups is 1. The van der Waals surface area contributed by atoms with Crippen LogP contribution in [0.5, 0.6) is 5.75 Å². The van der Waals surface area contributed by atoms with Crippen LogP contribution in [-0.4, -0.2) is 90.8 Å². The second-order valence-corrected chi connectivity index (χ2v) is 11.3. The number of benzene rings is 1. The quantitative estimate of drug-likeness (QED) is 0.378. The highest BCUT2D eigenvalue weighted by molar-refractivity contribution is 6.02. The summed E-state index contributed by atoms with van der Waals surface area (Å²) < 4.78 is 46.4. The van der Waals surface area contributed by atoms with E-state index in [0.29, 0.717) is 34.9 Å². The Morgan fingerprint density at radius 2 is 1.86 bits per heavy atom. The molecule has 3 rings (SSSR count). The van der Waals surface area contributed by atoms with E-state index in [1.54, 1.807) is 32.9 Å². The van der Waals surface area contributed by atoms with E-state index in [9.17, 15) is 22.8 Å². The molecule has 0 bridgehead atoms. The summed E-state index contributed by atoms with van der Waals surface area (Å²) in [5, 5.41) is 5.90. The maximum absolute atomic E-state index is 13.6. The van der Waals surface area contributed by atoms with Crippen LogP contribution in [0.4, 0.5) is 46.8 Å². The van der Waals surface area contributed by atoms with Gasteiger partial charge in [-0.1, -0.05) is 6.58 Å². The maximum atomic E-state index is 13.6. The number of likely N-dealkylation sites (N-methyl/N-ethyl adjacent to an activating group) is 2. The Kier molecular flexibility index (Phi) is 9.60. The number of fused-ring (bicyclic) bond motifs is 1. The van der Waals surface area contributed by atoms with Crippen LogP contribution in [0.15, 0.2) is 31.0 Å². The number of ether oxygens (including phenoxy) is 1. The van der Waals surface area contributed by atoms with Crippen molar-refractivity contribution in [3.63, 3.8) is 0 Å². The van der Waals surface area contributed by atoms with Gasteiger partial charge in [0.25, 0.3) is 0 Å². The van der Waals surface area contributed by atoms with Gasteiger partial charge in [-0.05, 0) is 53.9 Å². The monoisotopic (exact) mass is 592 g/mol. The van der Waals surface area contributed by atoms with E-state index in [4.69, 9.17) is 4.74 Å². The van der Waals surface area contributed by atoms with Gasteiger partial charge in [0.1, 0.15) is 17.6 Å². The van der Waals surface area contributed by atoms with Crippen molar-refractivity contribution >= 4 is 40.8 Å². The Bertz CT molecular complexity index is 1330. The van der Waals surface area contributed by atoms with E-state index in [-0.39, 0.29) is 18.3 Å². The van der Waals surface area contributed by atoms with Gasteiger partial charge >= 0.3 is 12.2 Å². The molecular formula is C28H39F3N8O3. The first-order chi connectivity index (χ1) is 19.5. The van der Waals surface area contributed by atoms with Gasteiger partial charge in [-0.2, -0.15) is 18.2 Å². The number of amides is 3. The highest BCUT2D eigenvalue weighted by atomic mass is 19.4. The Balaban J connectivity index is 2.06. The van der Waals surface area contributed by atoms with E-state index in [1.165, 1.54) is 18.2 Å². The third-order valence-electron chi connectivity index (χ3n) is 6.74. The molecule has 11 nitrogen and oxygen atoms in total. The molecule has 14 heteroatoms. The number of nitrogens with zero attached hydrogens (tertiary/aromatic N) is 6. The van der Waals surface area contributed by atoms with Crippen molar-refractivity contribution in [2.45, 2.75) is 52.0 Å². The molecule has 0 saturated heterocycles. The summed E-state index contributed by atoms with van der Waals surface area (Å²) in [5.74, 6) is 0.305. The first kappa shape index (κ1) is 32.4. The predicted molar refractivity (Wildman–Crippen MR) is 158 cm³/mol. The van der Waals surface area contributed by atoms with Gasteiger partial charge in [-0.25, -0.2) is 9.78 Å². The van der Waals surface area contributed by atoms with E-state index in [1.807, 2.05) is 30.9 Å². The zero-order valence-corrected chi connectivity index (χ0v) is 25.3. The summed E-state index contributed by atoms with van der Waals surface area (Å²) >= 11 is 0. The van der Waals surface area contributed by atoms with Crippen LogP contribution in [0.3, 0.4) is 0 Å². The standard InChI is InChI=1S/C28H39F3N8O3/c1-10-23(40)33-19-13-20(22(42-9)14-21(19)37(8)12-11-36(6)7)34-25-32-15-18-16-38(17(2)28(29,30)31)26(41)39(24(18)35-25)27(3,4)5/h10,13-15,17H,1,11-12,16H2,2-9H3,(H,33,40)(H,32,34,35)/t17-/m0/s1. The number of carbonyl (C=O) groups excluding carboxylic acids is 2. The van der Waals surface area contributed by atoms with Crippen molar-refractivity contribution < 1.29 is 27.5 Å². The summed E-state index contributed by atoms with van der Waals surface area (Å²) in [6.07, 6.45) is -2.03. The maximum Gasteiger partial charge on any atom is 0.408 e. The Labute approximate surface area is 244 Å². The lowest BCUT2D eigenvalue weighted by molar-refractivity contribution is -0.172. The fraction of sp³-hybridized carbons (Fsp3) is 0.500. The van der Waals surface area contributed by atoms with E-state index in [0.717, 1.165) is 24.4 Å². The summed E-state index contributed by atoms with van der Waals surface area (Å²) in [6, 6.07) is 0.630. The van der Waals surface area contributed by atoms with Crippen LogP contribution in [0.2, 0.25) is 0 Å². The number of anilines is 5. The normalized spacial score (nSPS) is 14.4. The number of aromatic nitrogens is 2. The molecule has 230 valence electrons. The van der Waals surface area contributed by atoms with Crippen LogP contribution < -0.4 is 25.2 Å². The summed E-state index contributed by atoms with van der Waals surface area (Å²) in [7, 11) is 7.31. The van der Waals surface area contributed by atoms with Gasteiger partial charge in [-0.3, -0.25) is 9.69 Å². The number of methoxy groups -OCH3 is 1. The lowest BCUT2D eigenvalue weighted by Gasteiger charge is -2.44. The number of halogens is 3. The van der Waals surface area contributed by atoms with Crippen molar-refractivity contribution in [3.8, 4) is 5.75 Å². The molecule has 0 saturated carbocycles. The van der Waals surface area contributed by atoms with Crippen molar-refractivity contribution in [1.82, 2.24) is 19.8 Å². The minimum Gasteiger partial charge on any atom is -0.494 e. The molecule has 1 aromatic carbocycles. The molecule has 2 N–H and O–H groups in total. The molecule has 0 radical (unpaired) electrons. The highest BCUT2D eigenvalue weighted by Crippen LogP contribution is 2.40. The average molecular weight is 593 g/mol. The van der Waals surface area contributed by atoms with Crippen molar-refractivity contribution in [3.05, 3.63) is 36.5 Å². The zero-order valence-electron chi connectivity index (χ0n) is 25.3. The lowest BCUT2D eigenvalue weighted by atomic mass is 10.0. The third kappa shape index (κ3) is 7.22. The van der Waals surface area contributed by atoms with Crippen LogP contribution in [-0.2, 0) is 11.3 Å². The molecule has 0 aliphatic carbocycles. The Morgan fingerprint density at radius 1 is 1.19 bits per heavy atom. The first-order valence-corrected chi connectivity index (χ1v) is 13.3. The number of rotatable bonds is 10. The first-order valence-electron chi connectivity index (χ1n) is 13.3. The summed E-state index contributed by atoms with van der Waals surface area (Å²) in [6.45, 7) is 10.8. The molecule has 2 aromatic rings. The molecule has 2 heterocycles. The molecule has 0 fully saturated rings. The van der Waals surface area contributed by atoms with Crippen molar-refractivity contribution in [2.75, 3.05) is 61.8 Å². The lowest BCUT2D eigenvalue weighted by Crippen LogP contribution is -2.59. The molecule has 1 aliphatic rings. The SMILES string of the molecule is C=CC(=O)Nc1cc(Nc2ncc3c(n2)N(C(C)(C)C)C(=O)N([C@@H](C)C(F)(F)F)C3)c(OC)cc1N(C)CCN(C)C. The van der Waals surface area contributed by atoms with E-state index >= 15 is 0 Å². The zero-order chi connectivity index (χ0) is 31.6. The van der Waals surface area contributed by atoms with Crippen LogP contribution in [0, 0.1) is 0 Å². The van der Waals surface area contributed by atoms with Gasteiger partial charge in [0.15, 0.2) is 0 Å². The minimum absolute atomic E-state index is 0.0844. The minimum atomic E-state index is -4.60. The van der Waals surface area contributed by atoms with Crippen molar-refractivity contribution in [2.24, 2.45) is 0 Å². The molecular weight excluding hydrogens is 553 g/mol. The van der Waals surface area contributed by atoms with Gasteiger partial charge in [0.2, 0.25) is 11.9 Å². The van der Waals surface area contributed by atoms with Gasteiger partial charge in [-0.15, -0.1) is 0 Å². The third-order valence-corrected chi connectivity index (χ3v) is 6.74. The Morgan fingerprint density at radius 3 is 2.40 bits per heavy atom. The molecule has 42 heavy (non-hydrogen) atoms. The van der Waals surface area contributed by atoms with Gasteiger partial charge in [0, 0.05) is 43.5 Å². The molecule has 1 atom stereocenters. The van der Waals surface area contributed by atoms with Gasteiger partial charge in [0.05, 0.1) is 30.7 Å².